The molecule has 0 atom stereocenters. The van der Waals surface area contributed by atoms with Crippen molar-refractivity contribution in [1.82, 2.24) is 15.0 Å². The number of hydrogen-bond donors (Lipinski definition) is 1. The Bertz CT molecular complexity index is 801. The van der Waals surface area contributed by atoms with E-state index in [-0.39, 0.29) is 5.92 Å². The summed E-state index contributed by atoms with van der Waals surface area (Å²) >= 11 is 0. The number of nitrogens with zero attached hydrogens (tertiary/aromatic N) is 3. The molecule has 3 rings (SSSR count). The Morgan fingerprint density at radius 1 is 0.957 bits per heavy atom. The maximum absolute atomic E-state index is 10.6. The van der Waals surface area contributed by atoms with Gasteiger partial charge in [-0.3, -0.25) is 0 Å². The zero-order valence-electron chi connectivity index (χ0n) is 14.1. The molecule has 4 heteroatoms. The van der Waals surface area contributed by atoms with Crippen molar-refractivity contribution in [3.05, 3.63) is 53.1 Å². The van der Waals surface area contributed by atoms with E-state index >= 15 is 0 Å². The third kappa shape index (κ3) is 3.07. The summed E-state index contributed by atoms with van der Waals surface area (Å²) in [5, 5.41) is 19.6. The van der Waals surface area contributed by atoms with Crippen LogP contribution >= 0.6 is 0 Å². The molecule has 0 saturated heterocycles. The van der Waals surface area contributed by atoms with Crippen LogP contribution in [0.5, 0.6) is 5.75 Å². The van der Waals surface area contributed by atoms with Crippen LogP contribution in [-0.4, -0.2) is 20.1 Å². The molecule has 0 unspecified atom stereocenters. The minimum atomic E-state index is 0.275. The van der Waals surface area contributed by atoms with Crippen LogP contribution in [0, 0.1) is 0 Å². The van der Waals surface area contributed by atoms with Gasteiger partial charge in [0.05, 0.1) is 6.54 Å². The Hall–Kier alpha value is -2.36. The molecule has 0 aliphatic carbocycles. The number of hydrogen-bond acceptors (Lipinski definition) is 3. The summed E-state index contributed by atoms with van der Waals surface area (Å²) in [5.41, 5.74) is 4.84. The Morgan fingerprint density at radius 2 is 1.57 bits per heavy atom. The van der Waals surface area contributed by atoms with E-state index in [0.29, 0.717) is 18.2 Å². The van der Waals surface area contributed by atoms with Crippen LogP contribution in [-0.2, 0) is 6.54 Å². The highest BCUT2D eigenvalue weighted by atomic mass is 16.3. The highest BCUT2D eigenvalue weighted by Crippen LogP contribution is 2.33. The van der Waals surface area contributed by atoms with E-state index in [1.165, 1.54) is 5.56 Å². The maximum atomic E-state index is 10.6. The predicted molar refractivity (Wildman–Crippen MR) is 92.9 cm³/mol. The number of aromatic hydroxyl groups is 1. The zero-order valence-corrected chi connectivity index (χ0v) is 14.1. The molecule has 4 nitrogen and oxygen atoms in total. The molecule has 0 amide bonds. The van der Waals surface area contributed by atoms with Gasteiger partial charge in [0.2, 0.25) is 0 Å². The van der Waals surface area contributed by atoms with Crippen molar-refractivity contribution in [3.8, 4) is 5.75 Å². The molecule has 1 heterocycles. The maximum Gasteiger partial charge on any atom is 0.124 e. The first kappa shape index (κ1) is 15.5. The largest absolute Gasteiger partial charge is 0.507 e. The van der Waals surface area contributed by atoms with Gasteiger partial charge in [0, 0.05) is 5.56 Å². The molecular formula is C19H23N3O. The van der Waals surface area contributed by atoms with Crippen LogP contribution in [0.1, 0.15) is 56.2 Å². The van der Waals surface area contributed by atoms with Gasteiger partial charge in [-0.1, -0.05) is 45.9 Å². The fourth-order valence-corrected chi connectivity index (χ4v) is 2.77. The number of phenolic OH excluding ortho intramolecular Hbond substituents is 1. The van der Waals surface area contributed by atoms with Crippen molar-refractivity contribution >= 4 is 11.0 Å². The first-order chi connectivity index (χ1) is 11.0. The van der Waals surface area contributed by atoms with E-state index in [1.54, 1.807) is 4.80 Å². The van der Waals surface area contributed by atoms with Gasteiger partial charge in [-0.05, 0) is 41.2 Å². The fourth-order valence-electron chi connectivity index (χ4n) is 2.77. The molecule has 2 aromatic carbocycles. The van der Waals surface area contributed by atoms with Crippen LogP contribution in [0.3, 0.4) is 0 Å². The Balaban J connectivity index is 2.04. The van der Waals surface area contributed by atoms with E-state index in [4.69, 9.17) is 0 Å². The second-order valence-corrected chi connectivity index (χ2v) is 6.65. The van der Waals surface area contributed by atoms with E-state index in [0.717, 1.165) is 22.2 Å². The SMILES string of the molecule is CC(C)c1cc(Cn2nc3ccccc3n2)c(O)c(C(C)C)c1. The van der Waals surface area contributed by atoms with Crippen LogP contribution in [0.2, 0.25) is 0 Å². The van der Waals surface area contributed by atoms with Crippen LogP contribution in [0.4, 0.5) is 0 Å². The summed E-state index contributed by atoms with van der Waals surface area (Å²) in [6.07, 6.45) is 0. The summed E-state index contributed by atoms with van der Waals surface area (Å²) in [6.45, 7) is 9.01. The van der Waals surface area contributed by atoms with Crippen molar-refractivity contribution < 1.29 is 5.11 Å². The molecule has 0 fully saturated rings. The van der Waals surface area contributed by atoms with Gasteiger partial charge in [0.15, 0.2) is 0 Å². The van der Waals surface area contributed by atoms with Gasteiger partial charge in [0.1, 0.15) is 16.8 Å². The average Bonchev–Trinajstić information content (AvgIpc) is 2.91. The summed E-state index contributed by atoms with van der Waals surface area (Å²) in [4.78, 5) is 1.66. The van der Waals surface area contributed by atoms with E-state index < -0.39 is 0 Å². The number of fused-ring (bicyclic) bond motifs is 1. The molecule has 0 spiro atoms. The molecule has 0 saturated carbocycles. The highest BCUT2D eigenvalue weighted by molar-refractivity contribution is 5.73. The van der Waals surface area contributed by atoms with Gasteiger partial charge in [-0.2, -0.15) is 15.0 Å². The summed E-state index contributed by atoms with van der Waals surface area (Å²) in [7, 11) is 0. The molecular weight excluding hydrogens is 286 g/mol. The molecule has 23 heavy (non-hydrogen) atoms. The zero-order chi connectivity index (χ0) is 16.6. The lowest BCUT2D eigenvalue weighted by atomic mass is 9.92. The number of benzene rings is 2. The standard InChI is InChI=1S/C19H23N3O/c1-12(2)14-9-15(19(23)16(10-14)13(3)4)11-22-20-17-7-5-6-8-18(17)21-22/h5-10,12-13,23H,11H2,1-4H3. The molecule has 1 N–H and O–H groups in total. The van der Waals surface area contributed by atoms with Crippen molar-refractivity contribution in [3.63, 3.8) is 0 Å². The smallest absolute Gasteiger partial charge is 0.124 e. The van der Waals surface area contributed by atoms with E-state index in [9.17, 15) is 5.11 Å². The van der Waals surface area contributed by atoms with Crippen molar-refractivity contribution in [2.45, 2.75) is 46.1 Å². The first-order valence-corrected chi connectivity index (χ1v) is 8.11. The van der Waals surface area contributed by atoms with Gasteiger partial charge in [-0.25, -0.2) is 0 Å². The van der Waals surface area contributed by atoms with Crippen molar-refractivity contribution in [1.29, 1.82) is 0 Å². The average molecular weight is 309 g/mol. The summed E-state index contributed by atoms with van der Waals surface area (Å²) in [6, 6.07) is 12.0. The molecule has 0 aliphatic heterocycles. The van der Waals surface area contributed by atoms with E-state index in [2.05, 4.69) is 50.0 Å². The molecule has 0 aliphatic rings. The lowest BCUT2D eigenvalue weighted by Gasteiger charge is -2.17. The minimum absolute atomic E-state index is 0.275. The van der Waals surface area contributed by atoms with Gasteiger partial charge in [-0.15, -0.1) is 0 Å². The first-order valence-electron chi connectivity index (χ1n) is 8.11. The van der Waals surface area contributed by atoms with Crippen molar-refractivity contribution in [2.75, 3.05) is 0 Å². The normalized spacial score (nSPS) is 11.7. The highest BCUT2D eigenvalue weighted by Gasteiger charge is 2.15. The van der Waals surface area contributed by atoms with Gasteiger partial charge >= 0.3 is 0 Å². The van der Waals surface area contributed by atoms with Crippen LogP contribution < -0.4 is 0 Å². The quantitative estimate of drug-likeness (QED) is 0.775. The van der Waals surface area contributed by atoms with Crippen LogP contribution in [0.25, 0.3) is 11.0 Å². The van der Waals surface area contributed by atoms with Crippen LogP contribution in [0.15, 0.2) is 36.4 Å². The number of aromatic nitrogens is 3. The Labute approximate surface area is 136 Å². The number of rotatable bonds is 4. The lowest BCUT2D eigenvalue weighted by molar-refractivity contribution is 0.449. The van der Waals surface area contributed by atoms with E-state index in [1.807, 2.05) is 24.3 Å². The summed E-state index contributed by atoms with van der Waals surface area (Å²) < 4.78 is 0. The predicted octanol–water partition coefficient (Wildman–Crippen LogP) is 4.43. The lowest BCUT2D eigenvalue weighted by Crippen LogP contribution is -2.06. The Morgan fingerprint density at radius 3 is 2.09 bits per heavy atom. The minimum Gasteiger partial charge on any atom is -0.507 e. The van der Waals surface area contributed by atoms with Gasteiger partial charge < -0.3 is 5.11 Å². The third-order valence-electron chi connectivity index (χ3n) is 4.17. The second kappa shape index (κ2) is 6.03. The molecule has 120 valence electrons. The van der Waals surface area contributed by atoms with Gasteiger partial charge in [0.25, 0.3) is 0 Å². The van der Waals surface area contributed by atoms with Crippen molar-refractivity contribution in [2.24, 2.45) is 0 Å². The molecule has 0 bridgehead atoms. The second-order valence-electron chi connectivity index (χ2n) is 6.65. The molecule has 3 aromatic rings. The number of phenols is 1. The fraction of sp³-hybridized carbons (Fsp3) is 0.368. The monoisotopic (exact) mass is 309 g/mol. The topological polar surface area (TPSA) is 50.9 Å². The molecule has 0 radical (unpaired) electrons. The summed E-state index contributed by atoms with van der Waals surface area (Å²) in [5.74, 6) is 1.05. The Kier molecular flexibility index (Phi) is 4.07. The molecule has 1 aromatic heterocycles. The third-order valence-corrected chi connectivity index (χ3v) is 4.17.